The first-order valence-corrected chi connectivity index (χ1v) is 10.1. The van der Waals surface area contributed by atoms with Gasteiger partial charge in [-0.15, -0.1) is 0 Å². The monoisotopic (exact) mass is 318 g/mol. The van der Waals surface area contributed by atoms with Crippen LogP contribution in [0.5, 0.6) is 0 Å². The summed E-state index contributed by atoms with van der Waals surface area (Å²) >= 11 is 0. The lowest BCUT2D eigenvalue weighted by atomic mass is 9.94. The zero-order valence-electron chi connectivity index (χ0n) is 13.5. The molecule has 0 saturated carbocycles. The van der Waals surface area contributed by atoms with E-state index in [-0.39, 0.29) is 6.10 Å². The average Bonchev–Trinajstić information content (AvgIpc) is 2.45. The summed E-state index contributed by atoms with van der Waals surface area (Å²) in [4.78, 5) is 0. The molecule has 1 N–H and O–H groups in total. The van der Waals surface area contributed by atoms with E-state index in [0.717, 1.165) is 32.1 Å². The number of hydrogen-bond acceptors (Lipinski definition) is 4. The summed E-state index contributed by atoms with van der Waals surface area (Å²) in [5, 5.41) is 3.61. The fraction of sp³-hybridized carbons (Fsp3) is 1.00. The van der Waals surface area contributed by atoms with Crippen LogP contribution in [-0.2, 0) is 14.8 Å². The van der Waals surface area contributed by atoms with Crippen LogP contribution < -0.4 is 5.32 Å². The fourth-order valence-electron chi connectivity index (χ4n) is 3.48. The number of piperidine rings is 2. The molecule has 4 unspecified atom stereocenters. The number of ether oxygens (including phenoxy) is 1. The first kappa shape index (κ1) is 17.2. The van der Waals surface area contributed by atoms with E-state index in [9.17, 15) is 8.42 Å². The molecule has 21 heavy (non-hydrogen) atoms. The second-order valence-corrected chi connectivity index (χ2v) is 8.64. The zero-order valence-corrected chi connectivity index (χ0v) is 14.4. The second kappa shape index (κ2) is 7.40. The van der Waals surface area contributed by atoms with Gasteiger partial charge in [0.15, 0.2) is 0 Å². The summed E-state index contributed by atoms with van der Waals surface area (Å²) in [6.45, 7) is 6.38. The molecule has 0 aromatic heterocycles. The van der Waals surface area contributed by atoms with Gasteiger partial charge in [-0.3, -0.25) is 0 Å². The molecule has 2 saturated heterocycles. The molecule has 0 aromatic carbocycles. The molecule has 2 fully saturated rings. The molecule has 2 heterocycles. The smallest absolute Gasteiger partial charge is 0.211 e. The molecule has 2 aliphatic heterocycles. The van der Waals surface area contributed by atoms with Gasteiger partial charge in [-0.1, -0.05) is 6.92 Å². The highest BCUT2D eigenvalue weighted by molar-refractivity contribution is 7.88. The van der Waals surface area contributed by atoms with Crippen molar-refractivity contribution in [2.45, 2.75) is 64.1 Å². The Labute approximate surface area is 129 Å². The SMILES string of the molecule is CCC1NC(C)CCC1OCC1CCCN(S(C)(=O)=O)C1. The quantitative estimate of drug-likeness (QED) is 0.836. The van der Waals surface area contributed by atoms with Crippen molar-refractivity contribution in [1.29, 1.82) is 0 Å². The zero-order chi connectivity index (χ0) is 15.5. The van der Waals surface area contributed by atoms with Crippen LogP contribution in [0.3, 0.4) is 0 Å². The Morgan fingerprint density at radius 1 is 1.29 bits per heavy atom. The number of rotatable bonds is 5. The van der Waals surface area contributed by atoms with Crippen LogP contribution in [0.1, 0.15) is 46.0 Å². The van der Waals surface area contributed by atoms with Crippen LogP contribution in [0.2, 0.25) is 0 Å². The van der Waals surface area contributed by atoms with Crippen LogP contribution in [0.25, 0.3) is 0 Å². The van der Waals surface area contributed by atoms with E-state index in [1.807, 2.05) is 0 Å². The van der Waals surface area contributed by atoms with Crippen LogP contribution in [0, 0.1) is 5.92 Å². The molecule has 0 aliphatic carbocycles. The number of hydrogen-bond donors (Lipinski definition) is 1. The number of sulfonamides is 1. The normalized spacial score (nSPS) is 35.8. The molecule has 5 nitrogen and oxygen atoms in total. The third-order valence-electron chi connectivity index (χ3n) is 4.77. The van der Waals surface area contributed by atoms with Crippen LogP contribution in [-0.4, -0.2) is 56.9 Å². The maximum atomic E-state index is 11.6. The molecular weight excluding hydrogens is 288 g/mol. The predicted octanol–water partition coefficient (Wildman–Crippen LogP) is 1.59. The molecule has 6 heteroatoms. The summed E-state index contributed by atoms with van der Waals surface area (Å²) in [5.41, 5.74) is 0. The van der Waals surface area contributed by atoms with Crippen LogP contribution in [0.4, 0.5) is 0 Å². The Bertz CT molecular complexity index is 427. The molecule has 0 radical (unpaired) electrons. The van der Waals surface area contributed by atoms with Crippen molar-refractivity contribution < 1.29 is 13.2 Å². The van der Waals surface area contributed by atoms with E-state index < -0.39 is 10.0 Å². The highest BCUT2D eigenvalue weighted by Gasteiger charge is 2.30. The maximum absolute atomic E-state index is 11.6. The van der Waals surface area contributed by atoms with Crippen LogP contribution >= 0.6 is 0 Å². The molecule has 0 bridgehead atoms. The van der Waals surface area contributed by atoms with Gasteiger partial charge in [-0.2, -0.15) is 0 Å². The minimum absolute atomic E-state index is 0.278. The minimum atomic E-state index is -3.06. The molecular formula is C15H30N2O3S. The Morgan fingerprint density at radius 3 is 2.71 bits per heavy atom. The van der Waals surface area contributed by atoms with Crippen molar-refractivity contribution in [2.24, 2.45) is 5.92 Å². The van der Waals surface area contributed by atoms with Gasteiger partial charge in [0.05, 0.1) is 19.0 Å². The Hall–Kier alpha value is -0.170. The summed E-state index contributed by atoms with van der Waals surface area (Å²) in [6, 6.07) is 1.01. The van der Waals surface area contributed by atoms with Gasteiger partial charge in [0, 0.05) is 25.2 Å². The molecule has 124 valence electrons. The standard InChI is InChI=1S/C15H30N2O3S/c1-4-14-15(8-7-12(2)16-14)20-11-13-6-5-9-17(10-13)21(3,18)19/h12-16H,4-11H2,1-3H3. The number of nitrogens with zero attached hydrogens (tertiary/aromatic N) is 1. The highest BCUT2D eigenvalue weighted by atomic mass is 32.2. The van der Waals surface area contributed by atoms with Crippen molar-refractivity contribution >= 4 is 10.0 Å². The van der Waals surface area contributed by atoms with Gasteiger partial charge >= 0.3 is 0 Å². The van der Waals surface area contributed by atoms with E-state index in [1.54, 1.807) is 4.31 Å². The van der Waals surface area contributed by atoms with Gasteiger partial charge in [0.1, 0.15) is 0 Å². The maximum Gasteiger partial charge on any atom is 0.211 e. The van der Waals surface area contributed by atoms with Crippen molar-refractivity contribution in [3.05, 3.63) is 0 Å². The minimum Gasteiger partial charge on any atom is -0.376 e. The first-order chi connectivity index (χ1) is 9.90. The third kappa shape index (κ3) is 4.91. The lowest BCUT2D eigenvalue weighted by Crippen LogP contribution is -2.50. The van der Waals surface area contributed by atoms with Crippen molar-refractivity contribution in [1.82, 2.24) is 9.62 Å². The Kier molecular flexibility index (Phi) is 6.05. The fourth-order valence-corrected chi connectivity index (χ4v) is 4.42. The Morgan fingerprint density at radius 2 is 2.05 bits per heavy atom. The van der Waals surface area contributed by atoms with Crippen molar-refractivity contribution in [3.63, 3.8) is 0 Å². The van der Waals surface area contributed by atoms with Gasteiger partial charge in [0.25, 0.3) is 0 Å². The van der Waals surface area contributed by atoms with E-state index in [0.29, 0.717) is 37.7 Å². The van der Waals surface area contributed by atoms with Gasteiger partial charge in [0.2, 0.25) is 10.0 Å². The predicted molar refractivity (Wildman–Crippen MR) is 84.8 cm³/mol. The second-order valence-electron chi connectivity index (χ2n) is 6.66. The van der Waals surface area contributed by atoms with Gasteiger partial charge in [-0.25, -0.2) is 12.7 Å². The lowest BCUT2D eigenvalue weighted by Gasteiger charge is -2.37. The molecule has 2 aliphatic rings. The first-order valence-electron chi connectivity index (χ1n) is 8.23. The van der Waals surface area contributed by atoms with Crippen LogP contribution in [0.15, 0.2) is 0 Å². The average molecular weight is 318 g/mol. The van der Waals surface area contributed by atoms with E-state index in [2.05, 4.69) is 19.2 Å². The molecule has 4 atom stereocenters. The Balaban J connectivity index is 1.82. The third-order valence-corrected chi connectivity index (χ3v) is 6.04. The van der Waals surface area contributed by atoms with E-state index in [1.165, 1.54) is 6.26 Å². The lowest BCUT2D eigenvalue weighted by molar-refractivity contribution is -0.0240. The van der Waals surface area contributed by atoms with E-state index in [4.69, 9.17) is 4.74 Å². The van der Waals surface area contributed by atoms with Gasteiger partial charge < -0.3 is 10.1 Å². The topological polar surface area (TPSA) is 58.6 Å². The summed E-state index contributed by atoms with van der Waals surface area (Å²) in [6.07, 6.45) is 6.93. The number of nitrogens with one attached hydrogen (secondary N) is 1. The molecule has 0 amide bonds. The largest absolute Gasteiger partial charge is 0.376 e. The highest BCUT2D eigenvalue weighted by Crippen LogP contribution is 2.23. The summed E-state index contributed by atoms with van der Waals surface area (Å²) in [7, 11) is -3.06. The van der Waals surface area contributed by atoms with Crippen molar-refractivity contribution in [3.8, 4) is 0 Å². The molecule has 0 spiro atoms. The summed E-state index contributed by atoms with van der Waals surface area (Å²) < 4.78 is 31.0. The van der Waals surface area contributed by atoms with E-state index >= 15 is 0 Å². The molecule has 0 aromatic rings. The summed E-state index contributed by atoms with van der Waals surface area (Å²) in [5.74, 6) is 0.338. The van der Waals surface area contributed by atoms with Crippen molar-refractivity contribution in [2.75, 3.05) is 26.0 Å². The van der Waals surface area contributed by atoms with Gasteiger partial charge in [-0.05, 0) is 44.9 Å². The molecule has 2 rings (SSSR count).